The highest BCUT2D eigenvalue weighted by Crippen LogP contribution is 2.30. The zero-order valence-corrected chi connectivity index (χ0v) is 20.8. The highest BCUT2D eigenvalue weighted by atomic mass is 16.5. The molecule has 1 amide bonds. The highest BCUT2D eigenvalue weighted by molar-refractivity contribution is 5.95. The summed E-state index contributed by atoms with van der Waals surface area (Å²) in [7, 11) is 0. The van der Waals surface area contributed by atoms with Crippen LogP contribution >= 0.6 is 0 Å². The molecule has 5 heterocycles. The van der Waals surface area contributed by atoms with Crippen LogP contribution in [-0.4, -0.2) is 72.6 Å². The summed E-state index contributed by atoms with van der Waals surface area (Å²) in [4.78, 5) is 29.1. The summed E-state index contributed by atoms with van der Waals surface area (Å²) in [6.45, 7) is 3.15. The summed E-state index contributed by atoms with van der Waals surface area (Å²) in [6.07, 6.45) is 13.4. The quantitative estimate of drug-likeness (QED) is 0.572. The van der Waals surface area contributed by atoms with Crippen LogP contribution in [0.3, 0.4) is 0 Å². The number of nitrogens with zero attached hydrogens (tertiary/aromatic N) is 7. The average molecular weight is 505 g/mol. The molecule has 1 aliphatic carbocycles. The first-order valence-corrected chi connectivity index (χ1v) is 13.1. The molecule has 0 unspecified atom stereocenters. The second-order valence-electron chi connectivity index (χ2n) is 10.1. The van der Waals surface area contributed by atoms with Crippen molar-refractivity contribution in [2.24, 2.45) is 0 Å². The van der Waals surface area contributed by atoms with Gasteiger partial charge in [-0.15, -0.1) is 5.10 Å². The molecule has 0 aromatic carbocycles. The fourth-order valence-electron chi connectivity index (χ4n) is 5.43. The van der Waals surface area contributed by atoms with Gasteiger partial charge in [0.05, 0.1) is 31.5 Å². The number of fused-ring (bicyclic) bond motifs is 4. The Labute approximate surface area is 215 Å². The number of carbonyl (C=O) groups excluding carboxylic acids is 1. The third-order valence-electron chi connectivity index (χ3n) is 7.36. The van der Waals surface area contributed by atoms with E-state index in [0.717, 1.165) is 17.1 Å². The van der Waals surface area contributed by atoms with E-state index >= 15 is 0 Å². The van der Waals surface area contributed by atoms with Crippen LogP contribution in [-0.2, 0) is 24.4 Å². The van der Waals surface area contributed by atoms with Gasteiger partial charge in [0.25, 0.3) is 5.91 Å². The molecule has 2 bridgehead atoms. The van der Waals surface area contributed by atoms with Gasteiger partial charge in [0.2, 0.25) is 0 Å². The minimum Gasteiger partial charge on any atom is -0.489 e. The Morgan fingerprint density at radius 3 is 2.81 bits per heavy atom. The smallest absolute Gasteiger partial charge is 0.274 e. The van der Waals surface area contributed by atoms with E-state index in [1.807, 2.05) is 18.6 Å². The topological polar surface area (TPSA) is 120 Å². The second kappa shape index (κ2) is 10.9. The van der Waals surface area contributed by atoms with Gasteiger partial charge in [0.1, 0.15) is 18.1 Å². The van der Waals surface area contributed by atoms with E-state index in [1.165, 1.54) is 32.1 Å². The molecule has 2 aliphatic heterocycles. The largest absolute Gasteiger partial charge is 0.489 e. The van der Waals surface area contributed by atoms with Crippen molar-refractivity contribution < 1.29 is 14.3 Å². The zero-order valence-electron chi connectivity index (χ0n) is 20.8. The lowest BCUT2D eigenvalue weighted by molar-refractivity contribution is 0.0292. The predicted octanol–water partition coefficient (Wildman–Crippen LogP) is 2.10. The first kappa shape index (κ1) is 23.9. The monoisotopic (exact) mass is 504 g/mol. The molecule has 0 radical (unpaired) electrons. The van der Waals surface area contributed by atoms with E-state index < -0.39 is 0 Å². The molecule has 1 N–H and O–H groups in total. The van der Waals surface area contributed by atoms with Gasteiger partial charge in [0, 0.05) is 49.7 Å². The van der Waals surface area contributed by atoms with E-state index in [-0.39, 0.29) is 23.7 Å². The fourth-order valence-corrected chi connectivity index (χ4v) is 5.43. The van der Waals surface area contributed by atoms with Crippen molar-refractivity contribution in [3.05, 3.63) is 59.7 Å². The molecule has 2 atom stereocenters. The lowest BCUT2D eigenvalue weighted by atomic mass is 9.89. The van der Waals surface area contributed by atoms with Crippen LogP contribution in [0.25, 0.3) is 0 Å². The molecule has 2 fully saturated rings. The van der Waals surface area contributed by atoms with Crippen LogP contribution in [0.4, 0.5) is 0 Å². The van der Waals surface area contributed by atoms with E-state index in [2.05, 4.69) is 25.5 Å². The normalized spacial score (nSPS) is 23.4. The lowest BCUT2D eigenvalue weighted by Crippen LogP contribution is -2.44. The number of carbonyl (C=O) groups is 1. The number of hydrogen-bond acceptors (Lipinski definition) is 9. The summed E-state index contributed by atoms with van der Waals surface area (Å²) >= 11 is 0. The SMILES string of the molecule is O=C1N[C@H]2CN(Cc3cnc(C4CCCCC4)nc3)C[C@@H]2OCc2cn(nn2)CCOc2cccnc21. The van der Waals surface area contributed by atoms with Crippen molar-refractivity contribution in [2.75, 3.05) is 19.7 Å². The molecule has 6 rings (SSSR count). The van der Waals surface area contributed by atoms with Crippen molar-refractivity contribution in [2.45, 2.75) is 69.9 Å². The maximum atomic E-state index is 13.2. The van der Waals surface area contributed by atoms with Gasteiger partial charge in [-0.1, -0.05) is 24.5 Å². The molecule has 11 nitrogen and oxygen atoms in total. The highest BCUT2D eigenvalue weighted by Gasteiger charge is 2.36. The molecular weight excluding hydrogens is 472 g/mol. The van der Waals surface area contributed by atoms with Gasteiger partial charge in [-0.2, -0.15) is 0 Å². The number of likely N-dealkylation sites (tertiary alicyclic amines) is 1. The number of ether oxygens (including phenoxy) is 2. The van der Waals surface area contributed by atoms with Crippen molar-refractivity contribution in [1.82, 2.24) is 40.2 Å². The lowest BCUT2D eigenvalue weighted by Gasteiger charge is -2.20. The number of amides is 1. The number of pyridine rings is 1. The Kier molecular flexibility index (Phi) is 7.05. The van der Waals surface area contributed by atoms with Gasteiger partial charge in [-0.3, -0.25) is 9.69 Å². The summed E-state index contributed by atoms with van der Waals surface area (Å²) in [6, 6.07) is 3.29. The van der Waals surface area contributed by atoms with Crippen molar-refractivity contribution in [3.8, 4) is 5.75 Å². The number of hydrogen-bond donors (Lipinski definition) is 1. The summed E-state index contributed by atoms with van der Waals surface area (Å²) in [5.74, 6) is 1.63. The molecule has 3 aliphatic rings. The minimum atomic E-state index is -0.273. The number of nitrogens with one attached hydrogen (secondary N) is 1. The number of aromatic nitrogens is 6. The molecule has 1 saturated heterocycles. The van der Waals surface area contributed by atoms with Gasteiger partial charge >= 0.3 is 0 Å². The van der Waals surface area contributed by atoms with Gasteiger partial charge in [-0.25, -0.2) is 19.6 Å². The summed E-state index contributed by atoms with van der Waals surface area (Å²) in [5.41, 5.74) is 2.07. The van der Waals surface area contributed by atoms with Gasteiger partial charge in [0.15, 0.2) is 11.4 Å². The van der Waals surface area contributed by atoms with Crippen LogP contribution in [0.1, 0.15) is 65.6 Å². The first-order chi connectivity index (χ1) is 18.2. The van der Waals surface area contributed by atoms with Crippen LogP contribution in [0.5, 0.6) is 5.75 Å². The van der Waals surface area contributed by atoms with Gasteiger partial charge in [-0.05, 0) is 25.0 Å². The Morgan fingerprint density at radius 1 is 1.08 bits per heavy atom. The Hall–Kier alpha value is -3.44. The number of rotatable bonds is 3. The Balaban J connectivity index is 1.17. The Bertz CT molecular complexity index is 1210. The van der Waals surface area contributed by atoms with Crippen LogP contribution in [0.2, 0.25) is 0 Å². The molecule has 1 saturated carbocycles. The van der Waals surface area contributed by atoms with E-state index in [9.17, 15) is 4.79 Å². The predicted molar refractivity (Wildman–Crippen MR) is 133 cm³/mol. The molecule has 37 heavy (non-hydrogen) atoms. The molecule has 194 valence electrons. The van der Waals surface area contributed by atoms with Crippen molar-refractivity contribution in [1.29, 1.82) is 0 Å². The molecule has 3 aromatic rings. The van der Waals surface area contributed by atoms with Crippen molar-refractivity contribution in [3.63, 3.8) is 0 Å². The van der Waals surface area contributed by atoms with Gasteiger partial charge < -0.3 is 14.8 Å². The molecule has 11 heteroatoms. The maximum absolute atomic E-state index is 13.2. The zero-order chi connectivity index (χ0) is 25.0. The molecule has 0 spiro atoms. The average Bonchev–Trinajstić information content (AvgIpc) is 3.54. The van der Waals surface area contributed by atoms with Crippen molar-refractivity contribution >= 4 is 5.91 Å². The standard InChI is InChI=1S/C26H32N8O3/c35-26-24-22(7-4-8-27-24)36-10-9-34-14-20(31-32-34)17-37-23-16-33(15-21(23)30-26)13-18-11-28-25(29-12-18)19-5-2-1-3-6-19/h4,7-8,11-12,14,19,21,23H,1-3,5-6,9-10,13,15-17H2,(H,30,35)/t21-,23-/m0/s1. The third-order valence-corrected chi connectivity index (χ3v) is 7.36. The first-order valence-electron chi connectivity index (χ1n) is 13.1. The molecule has 3 aromatic heterocycles. The minimum absolute atomic E-state index is 0.215. The Morgan fingerprint density at radius 2 is 1.95 bits per heavy atom. The second-order valence-corrected chi connectivity index (χ2v) is 10.1. The van der Waals surface area contributed by atoms with Crippen LogP contribution in [0, 0.1) is 0 Å². The summed E-state index contributed by atoms with van der Waals surface area (Å²) < 4.78 is 13.8. The van der Waals surface area contributed by atoms with Crippen LogP contribution < -0.4 is 10.1 Å². The third kappa shape index (κ3) is 5.62. The van der Waals surface area contributed by atoms with E-state index in [0.29, 0.717) is 51.1 Å². The van der Waals surface area contributed by atoms with Crippen LogP contribution in [0.15, 0.2) is 36.9 Å². The summed E-state index contributed by atoms with van der Waals surface area (Å²) in [5, 5.41) is 11.5. The van der Waals surface area contributed by atoms with E-state index in [1.54, 1.807) is 23.0 Å². The molecular formula is C26H32N8O3. The fraction of sp³-hybridized carbons (Fsp3) is 0.538. The van der Waals surface area contributed by atoms with E-state index in [4.69, 9.17) is 19.4 Å². The maximum Gasteiger partial charge on any atom is 0.274 e.